The van der Waals surface area contributed by atoms with Crippen molar-refractivity contribution < 1.29 is 4.79 Å². The van der Waals surface area contributed by atoms with Gasteiger partial charge in [0.2, 0.25) is 0 Å². The number of amides is 1. The minimum Gasteiger partial charge on any atom is -0.361 e. The van der Waals surface area contributed by atoms with Crippen molar-refractivity contribution in [2.45, 2.75) is 18.8 Å². The highest BCUT2D eigenvalue weighted by Gasteiger charge is 2.26. The molecule has 0 atom stereocenters. The van der Waals surface area contributed by atoms with Crippen LogP contribution in [0, 0.1) is 0 Å². The molecule has 0 spiro atoms. The summed E-state index contributed by atoms with van der Waals surface area (Å²) in [5, 5.41) is 5.41. The van der Waals surface area contributed by atoms with Crippen molar-refractivity contribution in [2.24, 2.45) is 0 Å². The van der Waals surface area contributed by atoms with Gasteiger partial charge in [-0.25, -0.2) is 9.67 Å². The second-order valence-electron chi connectivity index (χ2n) is 7.24. The quantitative estimate of drug-likeness (QED) is 0.596. The number of hydrogen-bond donors (Lipinski definition) is 1. The molecule has 1 N–H and O–H groups in total. The molecule has 2 aromatic carbocycles. The zero-order valence-corrected chi connectivity index (χ0v) is 15.5. The predicted octanol–water partition coefficient (Wildman–Crippen LogP) is 3.77. The minimum absolute atomic E-state index is 0.0996. The summed E-state index contributed by atoms with van der Waals surface area (Å²) in [4.78, 5) is 22.2. The average molecular weight is 371 g/mol. The van der Waals surface area contributed by atoms with Gasteiger partial charge in [0.25, 0.3) is 5.91 Å². The summed E-state index contributed by atoms with van der Waals surface area (Å²) in [7, 11) is 0. The Morgan fingerprint density at radius 2 is 1.82 bits per heavy atom. The van der Waals surface area contributed by atoms with Crippen molar-refractivity contribution in [1.82, 2.24) is 24.6 Å². The molecule has 6 heteroatoms. The van der Waals surface area contributed by atoms with E-state index in [2.05, 4.69) is 45.5 Å². The molecule has 28 heavy (non-hydrogen) atoms. The molecule has 0 unspecified atom stereocenters. The van der Waals surface area contributed by atoms with Crippen molar-refractivity contribution in [3.05, 3.63) is 78.5 Å². The lowest BCUT2D eigenvalue weighted by molar-refractivity contribution is 0.0713. The average Bonchev–Trinajstić information content (AvgIpc) is 3.44. The molecule has 4 aromatic rings. The molecular weight excluding hydrogens is 350 g/mol. The summed E-state index contributed by atoms with van der Waals surface area (Å²) in [5.41, 5.74) is 4.17. The fourth-order valence-electron chi connectivity index (χ4n) is 4.11. The van der Waals surface area contributed by atoms with Crippen LogP contribution in [0.15, 0.2) is 67.4 Å². The highest BCUT2D eigenvalue weighted by atomic mass is 16.2. The van der Waals surface area contributed by atoms with Crippen LogP contribution in [0.25, 0.3) is 16.6 Å². The molecule has 1 amide bonds. The van der Waals surface area contributed by atoms with Crippen LogP contribution in [0.2, 0.25) is 0 Å². The van der Waals surface area contributed by atoms with Crippen LogP contribution >= 0.6 is 0 Å². The number of carbonyl (C=O) groups is 1. The van der Waals surface area contributed by atoms with Crippen LogP contribution in [0.1, 0.15) is 34.7 Å². The van der Waals surface area contributed by atoms with E-state index in [4.69, 9.17) is 0 Å². The van der Waals surface area contributed by atoms with Gasteiger partial charge in [0.15, 0.2) is 0 Å². The Kier molecular flexibility index (Phi) is 4.16. The Labute approximate surface area is 162 Å². The van der Waals surface area contributed by atoms with Crippen LogP contribution in [-0.2, 0) is 0 Å². The molecule has 1 fully saturated rings. The normalized spacial score (nSPS) is 15.2. The number of likely N-dealkylation sites (tertiary alicyclic amines) is 1. The van der Waals surface area contributed by atoms with Gasteiger partial charge < -0.3 is 9.88 Å². The van der Waals surface area contributed by atoms with E-state index >= 15 is 0 Å². The lowest BCUT2D eigenvalue weighted by atomic mass is 9.89. The van der Waals surface area contributed by atoms with E-state index in [1.54, 1.807) is 11.0 Å². The summed E-state index contributed by atoms with van der Waals surface area (Å²) >= 11 is 0. The Morgan fingerprint density at radius 3 is 2.57 bits per heavy atom. The monoisotopic (exact) mass is 371 g/mol. The fraction of sp³-hybridized carbons (Fsp3) is 0.227. The molecule has 3 heterocycles. The number of aromatic nitrogens is 4. The maximum Gasteiger partial charge on any atom is 0.253 e. The van der Waals surface area contributed by atoms with Gasteiger partial charge >= 0.3 is 0 Å². The lowest BCUT2D eigenvalue weighted by Gasteiger charge is -2.32. The zero-order chi connectivity index (χ0) is 18.9. The smallest absolute Gasteiger partial charge is 0.253 e. The number of benzene rings is 2. The molecule has 0 aliphatic carbocycles. The van der Waals surface area contributed by atoms with Crippen molar-refractivity contribution in [3.63, 3.8) is 0 Å². The van der Waals surface area contributed by atoms with Gasteiger partial charge in [-0.3, -0.25) is 4.79 Å². The van der Waals surface area contributed by atoms with Crippen LogP contribution in [0.5, 0.6) is 0 Å². The summed E-state index contributed by atoms with van der Waals surface area (Å²) < 4.78 is 1.68. The molecule has 5 rings (SSSR count). The Balaban J connectivity index is 1.27. The predicted molar refractivity (Wildman–Crippen MR) is 108 cm³/mol. The number of hydrogen-bond acceptors (Lipinski definition) is 3. The number of rotatable bonds is 3. The number of fused-ring (bicyclic) bond motifs is 1. The Morgan fingerprint density at radius 1 is 1.04 bits per heavy atom. The number of nitrogens with zero attached hydrogens (tertiary/aromatic N) is 4. The SMILES string of the molecule is O=C(c1ccc(-n2cncn2)cc1)N1CCC(c2c[nH]c3ccccc23)CC1. The Bertz CT molecular complexity index is 1090. The topological polar surface area (TPSA) is 66.8 Å². The first kappa shape index (κ1) is 16.7. The molecule has 0 radical (unpaired) electrons. The van der Waals surface area contributed by atoms with E-state index in [1.165, 1.54) is 22.8 Å². The molecular formula is C22H21N5O. The summed E-state index contributed by atoms with van der Waals surface area (Å²) in [6, 6.07) is 16.0. The van der Waals surface area contributed by atoms with Crippen LogP contribution in [-0.4, -0.2) is 43.6 Å². The lowest BCUT2D eigenvalue weighted by Crippen LogP contribution is -2.37. The van der Waals surface area contributed by atoms with Gasteiger partial charge in [0.1, 0.15) is 12.7 Å². The van der Waals surface area contributed by atoms with Crippen molar-refractivity contribution in [3.8, 4) is 5.69 Å². The third kappa shape index (κ3) is 2.97. The minimum atomic E-state index is 0.0996. The van der Waals surface area contributed by atoms with Gasteiger partial charge in [-0.2, -0.15) is 5.10 Å². The number of aromatic amines is 1. The summed E-state index contributed by atoms with van der Waals surface area (Å²) in [6.45, 7) is 1.57. The van der Waals surface area contributed by atoms with Crippen molar-refractivity contribution in [1.29, 1.82) is 0 Å². The third-order valence-corrected chi connectivity index (χ3v) is 5.64. The summed E-state index contributed by atoms with van der Waals surface area (Å²) in [6.07, 6.45) is 7.26. The second-order valence-corrected chi connectivity index (χ2v) is 7.24. The van der Waals surface area contributed by atoms with E-state index in [0.29, 0.717) is 5.92 Å². The van der Waals surface area contributed by atoms with E-state index < -0.39 is 0 Å². The molecule has 1 aliphatic heterocycles. The molecule has 1 aliphatic rings. The van der Waals surface area contributed by atoms with Gasteiger partial charge in [0, 0.05) is 35.8 Å². The van der Waals surface area contributed by atoms with Gasteiger partial charge in [-0.05, 0) is 54.7 Å². The number of H-pyrrole nitrogens is 1. The maximum absolute atomic E-state index is 12.9. The fourth-order valence-corrected chi connectivity index (χ4v) is 4.11. The van der Waals surface area contributed by atoms with Gasteiger partial charge in [0.05, 0.1) is 5.69 Å². The first-order chi connectivity index (χ1) is 13.8. The van der Waals surface area contributed by atoms with Gasteiger partial charge in [-0.1, -0.05) is 18.2 Å². The molecule has 6 nitrogen and oxygen atoms in total. The standard InChI is InChI=1S/C22H21N5O/c28-22(17-5-7-18(8-6-17)27-15-23-14-25-27)26-11-9-16(10-12-26)20-13-24-21-4-2-1-3-19(20)21/h1-8,13-16,24H,9-12H2. The highest BCUT2D eigenvalue weighted by Crippen LogP contribution is 2.33. The first-order valence-electron chi connectivity index (χ1n) is 9.60. The number of nitrogens with one attached hydrogen (secondary N) is 1. The van der Waals surface area contributed by atoms with E-state index in [1.807, 2.05) is 29.2 Å². The zero-order valence-electron chi connectivity index (χ0n) is 15.5. The first-order valence-corrected chi connectivity index (χ1v) is 9.60. The number of para-hydroxylation sites is 1. The number of carbonyl (C=O) groups excluding carboxylic acids is 1. The van der Waals surface area contributed by atoms with Crippen LogP contribution in [0.3, 0.4) is 0 Å². The highest BCUT2D eigenvalue weighted by molar-refractivity contribution is 5.94. The Hall–Kier alpha value is -3.41. The maximum atomic E-state index is 12.9. The summed E-state index contributed by atoms with van der Waals surface area (Å²) in [5.74, 6) is 0.595. The van der Waals surface area contributed by atoms with E-state index in [0.717, 1.165) is 37.2 Å². The van der Waals surface area contributed by atoms with Crippen LogP contribution < -0.4 is 0 Å². The largest absolute Gasteiger partial charge is 0.361 e. The van der Waals surface area contributed by atoms with Crippen LogP contribution in [0.4, 0.5) is 0 Å². The second kappa shape index (κ2) is 6.96. The van der Waals surface area contributed by atoms with Gasteiger partial charge in [-0.15, -0.1) is 0 Å². The van der Waals surface area contributed by atoms with Crippen molar-refractivity contribution in [2.75, 3.05) is 13.1 Å². The van der Waals surface area contributed by atoms with E-state index in [-0.39, 0.29) is 5.91 Å². The van der Waals surface area contributed by atoms with E-state index in [9.17, 15) is 4.79 Å². The molecule has 140 valence electrons. The third-order valence-electron chi connectivity index (χ3n) is 5.64. The molecule has 2 aromatic heterocycles. The number of piperidine rings is 1. The molecule has 0 bridgehead atoms. The molecule has 1 saturated heterocycles. The molecule has 0 saturated carbocycles. The van der Waals surface area contributed by atoms with Crippen molar-refractivity contribution >= 4 is 16.8 Å².